The number of benzene rings is 1. The fourth-order valence-corrected chi connectivity index (χ4v) is 4.94. The summed E-state index contributed by atoms with van der Waals surface area (Å²) in [6, 6.07) is 8.62. The zero-order chi connectivity index (χ0) is 15.8. The fraction of sp³-hybridized carbons (Fsp3) is 0.389. The summed E-state index contributed by atoms with van der Waals surface area (Å²) in [4.78, 5) is 37.7. The van der Waals surface area contributed by atoms with Crippen LogP contribution < -0.4 is 5.43 Å². The normalized spacial score (nSPS) is 35.0. The Labute approximate surface area is 133 Å². The van der Waals surface area contributed by atoms with E-state index in [1.165, 1.54) is 0 Å². The Balaban J connectivity index is 1.42. The third kappa shape index (κ3) is 1.49. The molecule has 1 aromatic carbocycles. The minimum atomic E-state index is -0.422. The van der Waals surface area contributed by atoms with Gasteiger partial charge in [0.05, 0.1) is 11.8 Å². The molecule has 116 valence electrons. The summed E-state index contributed by atoms with van der Waals surface area (Å²) >= 11 is 0. The van der Waals surface area contributed by atoms with E-state index in [-0.39, 0.29) is 40.9 Å². The van der Waals surface area contributed by atoms with Gasteiger partial charge in [-0.15, -0.1) is 0 Å². The number of hydrazine groups is 1. The fourth-order valence-electron chi connectivity index (χ4n) is 4.94. The Morgan fingerprint density at radius 1 is 1.00 bits per heavy atom. The lowest BCUT2D eigenvalue weighted by Gasteiger charge is -2.21. The topological polar surface area (TPSA) is 66.5 Å². The van der Waals surface area contributed by atoms with Gasteiger partial charge in [0, 0.05) is 5.56 Å². The number of nitrogens with one attached hydrogen (secondary N) is 1. The quantitative estimate of drug-likeness (QED) is 0.665. The first-order valence-corrected chi connectivity index (χ1v) is 8.06. The zero-order valence-corrected chi connectivity index (χ0v) is 12.4. The standard InChI is InChI=1S/C18H16N2O3/c21-15(10-4-2-1-3-5-10)19-20-16(22)13-11-6-7-12(14(13)17(20)23)18(11)8-9-18/h1-7,11-14H,8-9H2,(H,19,21)/t11-,12+,13+,14-. The van der Waals surface area contributed by atoms with E-state index >= 15 is 0 Å². The van der Waals surface area contributed by atoms with Crippen LogP contribution in [0.15, 0.2) is 42.5 Å². The van der Waals surface area contributed by atoms with Crippen LogP contribution in [0.2, 0.25) is 0 Å². The molecule has 1 heterocycles. The van der Waals surface area contributed by atoms with Gasteiger partial charge in [-0.1, -0.05) is 30.4 Å². The highest BCUT2D eigenvalue weighted by molar-refractivity contribution is 6.09. The first-order valence-electron chi connectivity index (χ1n) is 8.06. The number of hydrogen-bond donors (Lipinski definition) is 1. The second-order valence-electron chi connectivity index (χ2n) is 7.04. The van der Waals surface area contributed by atoms with Crippen molar-refractivity contribution < 1.29 is 14.4 Å². The van der Waals surface area contributed by atoms with Crippen molar-refractivity contribution in [3.8, 4) is 0 Å². The lowest BCUT2D eigenvalue weighted by molar-refractivity contribution is -0.144. The first kappa shape index (κ1) is 13.0. The largest absolute Gasteiger partial charge is 0.272 e. The third-order valence-electron chi connectivity index (χ3n) is 6.10. The van der Waals surface area contributed by atoms with E-state index in [1.807, 2.05) is 6.07 Å². The minimum absolute atomic E-state index is 0.174. The molecule has 4 atom stereocenters. The molecule has 2 saturated carbocycles. The van der Waals surface area contributed by atoms with Crippen LogP contribution in [0.4, 0.5) is 0 Å². The molecule has 1 aliphatic heterocycles. The number of nitrogens with zero attached hydrogens (tertiary/aromatic N) is 1. The summed E-state index contributed by atoms with van der Waals surface area (Å²) < 4.78 is 0. The molecule has 0 radical (unpaired) electrons. The molecular weight excluding hydrogens is 292 g/mol. The number of rotatable bonds is 2. The average molecular weight is 308 g/mol. The predicted molar refractivity (Wildman–Crippen MR) is 80.5 cm³/mol. The molecular formula is C18H16N2O3. The lowest BCUT2D eigenvalue weighted by Crippen LogP contribution is -2.47. The highest BCUT2D eigenvalue weighted by atomic mass is 16.2. The first-order chi connectivity index (χ1) is 11.1. The Morgan fingerprint density at radius 3 is 2.09 bits per heavy atom. The molecule has 2 bridgehead atoms. The second kappa shape index (κ2) is 4.10. The number of carbonyl (C=O) groups is 3. The molecule has 0 aromatic heterocycles. The Hall–Kier alpha value is -2.43. The molecule has 1 saturated heterocycles. The van der Waals surface area contributed by atoms with Crippen molar-refractivity contribution in [1.82, 2.24) is 10.4 Å². The van der Waals surface area contributed by atoms with Crippen LogP contribution >= 0.6 is 0 Å². The second-order valence-corrected chi connectivity index (χ2v) is 7.04. The van der Waals surface area contributed by atoms with Gasteiger partial charge < -0.3 is 0 Å². The van der Waals surface area contributed by atoms with E-state index in [4.69, 9.17) is 0 Å². The lowest BCUT2D eigenvalue weighted by atomic mass is 9.85. The maximum atomic E-state index is 12.7. The molecule has 3 fully saturated rings. The van der Waals surface area contributed by atoms with E-state index in [0.29, 0.717) is 5.56 Å². The van der Waals surface area contributed by atoms with E-state index in [2.05, 4.69) is 17.6 Å². The van der Waals surface area contributed by atoms with Gasteiger partial charge in [0.15, 0.2) is 0 Å². The summed E-state index contributed by atoms with van der Waals surface area (Å²) in [5.41, 5.74) is 3.12. The van der Waals surface area contributed by atoms with Crippen molar-refractivity contribution in [2.75, 3.05) is 0 Å². The van der Waals surface area contributed by atoms with Crippen molar-refractivity contribution in [3.05, 3.63) is 48.0 Å². The van der Waals surface area contributed by atoms with E-state index in [1.54, 1.807) is 24.3 Å². The van der Waals surface area contributed by atoms with E-state index in [9.17, 15) is 14.4 Å². The van der Waals surface area contributed by atoms with Crippen LogP contribution in [-0.4, -0.2) is 22.7 Å². The Kier molecular flexibility index (Phi) is 2.33. The maximum absolute atomic E-state index is 12.7. The van der Waals surface area contributed by atoms with Crippen molar-refractivity contribution in [1.29, 1.82) is 0 Å². The molecule has 4 aliphatic rings. The van der Waals surface area contributed by atoms with Gasteiger partial charge in [-0.25, -0.2) is 0 Å². The molecule has 1 N–H and O–H groups in total. The Morgan fingerprint density at radius 2 is 1.57 bits per heavy atom. The number of fused-ring (bicyclic) bond motifs is 3. The van der Waals surface area contributed by atoms with Gasteiger partial charge in [-0.3, -0.25) is 19.8 Å². The van der Waals surface area contributed by atoms with Gasteiger partial charge in [-0.2, -0.15) is 5.01 Å². The number of amides is 3. The third-order valence-corrected chi connectivity index (χ3v) is 6.10. The summed E-state index contributed by atoms with van der Waals surface area (Å²) in [7, 11) is 0. The van der Waals surface area contributed by atoms with Gasteiger partial charge in [0.2, 0.25) is 0 Å². The molecule has 23 heavy (non-hydrogen) atoms. The molecule has 3 amide bonds. The smallest absolute Gasteiger partial charge is 0.270 e. The SMILES string of the molecule is O=C(NN1C(=O)[C@@H]2[C@H](C1=O)[C@@H]1C=C[C@H]2C12CC2)c1ccccc1. The molecule has 1 aromatic rings. The maximum Gasteiger partial charge on any atom is 0.270 e. The highest BCUT2D eigenvalue weighted by Gasteiger charge is 2.73. The van der Waals surface area contributed by atoms with Crippen molar-refractivity contribution in [3.63, 3.8) is 0 Å². The number of imide groups is 1. The summed E-state index contributed by atoms with van der Waals surface area (Å²) in [5.74, 6) is -1.12. The molecule has 5 rings (SSSR count). The monoisotopic (exact) mass is 308 g/mol. The summed E-state index contributed by atoms with van der Waals surface area (Å²) in [6.07, 6.45) is 6.46. The van der Waals surface area contributed by atoms with Gasteiger partial charge >= 0.3 is 0 Å². The van der Waals surface area contributed by atoms with Crippen LogP contribution in [0, 0.1) is 29.1 Å². The number of carbonyl (C=O) groups excluding carboxylic acids is 3. The van der Waals surface area contributed by atoms with Crippen LogP contribution in [0.1, 0.15) is 23.2 Å². The molecule has 1 spiro atoms. The molecule has 0 unspecified atom stereocenters. The van der Waals surface area contributed by atoms with Gasteiger partial charge in [0.25, 0.3) is 17.7 Å². The summed E-state index contributed by atoms with van der Waals surface area (Å²) in [6.45, 7) is 0. The summed E-state index contributed by atoms with van der Waals surface area (Å²) in [5, 5.41) is 0.965. The van der Waals surface area contributed by atoms with Crippen LogP contribution in [0.5, 0.6) is 0 Å². The Bertz CT molecular complexity index is 732. The van der Waals surface area contributed by atoms with Crippen LogP contribution in [-0.2, 0) is 9.59 Å². The average Bonchev–Trinajstić information content (AvgIpc) is 3.18. The van der Waals surface area contributed by atoms with Crippen molar-refractivity contribution in [2.24, 2.45) is 29.1 Å². The van der Waals surface area contributed by atoms with E-state index in [0.717, 1.165) is 17.9 Å². The van der Waals surface area contributed by atoms with Crippen LogP contribution in [0.25, 0.3) is 0 Å². The van der Waals surface area contributed by atoms with Crippen molar-refractivity contribution in [2.45, 2.75) is 12.8 Å². The number of allylic oxidation sites excluding steroid dienone is 2. The minimum Gasteiger partial charge on any atom is -0.272 e. The van der Waals surface area contributed by atoms with Gasteiger partial charge in [0.1, 0.15) is 0 Å². The molecule has 3 aliphatic carbocycles. The number of hydrogen-bond acceptors (Lipinski definition) is 3. The molecule has 5 nitrogen and oxygen atoms in total. The van der Waals surface area contributed by atoms with Crippen LogP contribution in [0.3, 0.4) is 0 Å². The van der Waals surface area contributed by atoms with Gasteiger partial charge in [-0.05, 0) is 42.2 Å². The molecule has 5 heteroatoms. The predicted octanol–water partition coefficient (Wildman–Crippen LogP) is 1.53. The van der Waals surface area contributed by atoms with Crippen molar-refractivity contribution >= 4 is 17.7 Å². The zero-order valence-electron chi connectivity index (χ0n) is 12.4. The highest BCUT2D eigenvalue weighted by Crippen LogP contribution is 2.73. The van der Waals surface area contributed by atoms with E-state index < -0.39 is 5.91 Å².